The number of rotatable bonds is 0. The molecule has 0 amide bonds. The first-order valence-corrected chi connectivity index (χ1v) is 9.51. The van der Waals surface area contributed by atoms with Gasteiger partial charge in [0.25, 0.3) is 0 Å². The molecule has 2 aromatic carbocycles. The predicted octanol–water partition coefficient (Wildman–Crippen LogP) is 7.23. The Labute approximate surface area is 151 Å². The zero-order chi connectivity index (χ0) is 18.2. The van der Waals surface area contributed by atoms with Gasteiger partial charge in [-0.2, -0.15) is 0 Å². The van der Waals surface area contributed by atoms with E-state index in [2.05, 4.69) is 78.8 Å². The van der Waals surface area contributed by atoms with Crippen LogP contribution in [-0.2, 0) is 16.2 Å². The molecule has 1 aliphatic carbocycles. The minimum Gasteiger partial charge on any atom is -0.456 e. The molecule has 1 heteroatoms. The molecule has 0 unspecified atom stereocenters. The van der Waals surface area contributed by atoms with E-state index in [4.69, 9.17) is 4.42 Å². The maximum absolute atomic E-state index is 6.44. The zero-order valence-corrected chi connectivity index (χ0v) is 16.7. The average molecular weight is 335 g/mol. The summed E-state index contributed by atoms with van der Waals surface area (Å²) in [6, 6.07) is 11.3. The van der Waals surface area contributed by atoms with Gasteiger partial charge >= 0.3 is 0 Å². The van der Waals surface area contributed by atoms with Crippen molar-refractivity contribution < 1.29 is 4.42 Å². The van der Waals surface area contributed by atoms with E-state index in [-0.39, 0.29) is 16.2 Å². The Bertz CT molecular complexity index is 977. The summed E-state index contributed by atoms with van der Waals surface area (Å²) in [5, 5.41) is 2.52. The second kappa shape index (κ2) is 4.90. The second-order valence-electron chi connectivity index (χ2n) is 10.2. The predicted molar refractivity (Wildman–Crippen MR) is 108 cm³/mol. The van der Waals surface area contributed by atoms with Crippen molar-refractivity contribution >= 4 is 21.9 Å². The number of furan rings is 1. The van der Waals surface area contributed by atoms with Crippen molar-refractivity contribution in [2.45, 2.75) is 77.6 Å². The van der Waals surface area contributed by atoms with Crippen LogP contribution in [0.25, 0.3) is 21.9 Å². The van der Waals surface area contributed by atoms with E-state index in [1.807, 2.05) is 0 Å². The normalized spacial score (nSPS) is 19.3. The molecule has 1 aromatic heterocycles. The van der Waals surface area contributed by atoms with E-state index in [1.54, 1.807) is 0 Å². The van der Waals surface area contributed by atoms with E-state index in [0.717, 1.165) is 11.2 Å². The summed E-state index contributed by atoms with van der Waals surface area (Å²) in [5.74, 6) is 0. The summed E-state index contributed by atoms with van der Waals surface area (Å²) in [6.07, 6.45) is 2.47. The largest absolute Gasteiger partial charge is 0.456 e. The number of benzene rings is 2. The Morgan fingerprint density at radius 2 is 1.44 bits per heavy atom. The molecule has 0 saturated heterocycles. The molecular weight excluding hydrogens is 304 g/mol. The zero-order valence-electron chi connectivity index (χ0n) is 16.7. The van der Waals surface area contributed by atoms with Gasteiger partial charge in [0.05, 0.1) is 0 Å². The van der Waals surface area contributed by atoms with Crippen LogP contribution in [0.15, 0.2) is 34.7 Å². The first-order chi connectivity index (χ1) is 11.5. The van der Waals surface area contributed by atoms with Crippen LogP contribution in [-0.4, -0.2) is 0 Å². The smallest absolute Gasteiger partial charge is 0.139 e. The highest BCUT2D eigenvalue weighted by Gasteiger charge is 2.37. The molecule has 4 rings (SSSR count). The molecule has 132 valence electrons. The van der Waals surface area contributed by atoms with Gasteiger partial charge in [-0.25, -0.2) is 0 Å². The molecule has 1 nitrogen and oxygen atoms in total. The summed E-state index contributed by atoms with van der Waals surface area (Å²) in [5.41, 5.74) is 6.87. The lowest BCUT2D eigenvalue weighted by Crippen LogP contribution is -2.33. The molecule has 0 radical (unpaired) electrons. The van der Waals surface area contributed by atoms with Crippen LogP contribution in [0.2, 0.25) is 0 Å². The van der Waals surface area contributed by atoms with Crippen molar-refractivity contribution in [3.8, 4) is 0 Å². The van der Waals surface area contributed by atoms with E-state index >= 15 is 0 Å². The van der Waals surface area contributed by atoms with Crippen molar-refractivity contribution in [3.63, 3.8) is 0 Å². The Hall–Kier alpha value is -1.76. The van der Waals surface area contributed by atoms with Gasteiger partial charge in [-0.1, -0.05) is 66.7 Å². The van der Waals surface area contributed by atoms with E-state index in [1.165, 1.54) is 40.3 Å². The van der Waals surface area contributed by atoms with Gasteiger partial charge in [-0.3, -0.25) is 0 Å². The Morgan fingerprint density at radius 1 is 0.840 bits per heavy atom. The first kappa shape index (κ1) is 16.7. The van der Waals surface area contributed by atoms with Crippen molar-refractivity contribution in [1.82, 2.24) is 0 Å². The molecule has 0 bridgehead atoms. The third kappa shape index (κ3) is 2.43. The Morgan fingerprint density at radius 3 is 2.04 bits per heavy atom. The maximum atomic E-state index is 6.44. The standard InChI is InChI=1S/C24H30O/c1-22(2,3)17-10-8-9-15-16-13-18-19(14-20(16)25-21(15)17)24(6,7)12-11-23(18,4)5/h8-10,13-14H,11-12H2,1-7H3. The minimum atomic E-state index is 0.0749. The van der Waals surface area contributed by atoms with Gasteiger partial charge in [0, 0.05) is 16.3 Å². The number of fused-ring (bicyclic) bond motifs is 4. The fourth-order valence-corrected chi connectivity index (χ4v) is 4.45. The minimum absolute atomic E-state index is 0.0749. The quantitative estimate of drug-likeness (QED) is 0.422. The summed E-state index contributed by atoms with van der Waals surface area (Å²) in [4.78, 5) is 0. The van der Waals surface area contributed by atoms with Crippen LogP contribution in [0.3, 0.4) is 0 Å². The van der Waals surface area contributed by atoms with Gasteiger partial charge < -0.3 is 4.42 Å². The lowest BCUT2D eigenvalue weighted by molar-refractivity contribution is 0.332. The molecule has 0 fully saturated rings. The summed E-state index contributed by atoms with van der Waals surface area (Å²) < 4.78 is 6.44. The third-order valence-electron chi connectivity index (χ3n) is 6.28. The molecule has 3 aromatic rings. The fourth-order valence-electron chi connectivity index (χ4n) is 4.45. The highest BCUT2D eigenvalue weighted by molar-refractivity contribution is 6.06. The number of para-hydroxylation sites is 1. The van der Waals surface area contributed by atoms with Crippen LogP contribution in [0.4, 0.5) is 0 Å². The van der Waals surface area contributed by atoms with E-state index in [9.17, 15) is 0 Å². The lowest BCUT2D eigenvalue weighted by Gasteiger charge is -2.41. The van der Waals surface area contributed by atoms with E-state index in [0.29, 0.717) is 0 Å². The van der Waals surface area contributed by atoms with Gasteiger partial charge in [0.1, 0.15) is 11.2 Å². The van der Waals surface area contributed by atoms with Crippen molar-refractivity contribution in [3.05, 3.63) is 47.0 Å². The summed E-state index contributed by atoms with van der Waals surface area (Å²) >= 11 is 0. The number of hydrogen-bond acceptors (Lipinski definition) is 1. The number of hydrogen-bond donors (Lipinski definition) is 0. The Balaban J connectivity index is 2.10. The summed E-state index contributed by atoms with van der Waals surface area (Å²) in [6.45, 7) is 16.3. The molecule has 1 aliphatic rings. The molecule has 0 spiro atoms. The van der Waals surface area contributed by atoms with E-state index < -0.39 is 0 Å². The first-order valence-electron chi connectivity index (χ1n) is 9.51. The van der Waals surface area contributed by atoms with Gasteiger partial charge in [-0.15, -0.1) is 0 Å². The maximum Gasteiger partial charge on any atom is 0.139 e. The fraction of sp³-hybridized carbons (Fsp3) is 0.500. The highest BCUT2D eigenvalue weighted by atomic mass is 16.3. The van der Waals surface area contributed by atoms with Gasteiger partial charge in [0.2, 0.25) is 0 Å². The monoisotopic (exact) mass is 334 g/mol. The van der Waals surface area contributed by atoms with Crippen LogP contribution in [0.5, 0.6) is 0 Å². The second-order valence-corrected chi connectivity index (χ2v) is 10.2. The third-order valence-corrected chi connectivity index (χ3v) is 6.28. The van der Waals surface area contributed by atoms with Crippen LogP contribution in [0, 0.1) is 0 Å². The van der Waals surface area contributed by atoms with Crippen molar-refractivity contribution in [1.29, 1.82) is 0 Å². The van der Waals surface area contributed by atoms with Crippen molar-refractivity contribution in [2.24, 2.45) is 0 Å². The van der Waals surface area contributed by atoms with Crippen LogP contribution in [0.1, 0.15) is 78.0 Å². The van der Waals surface area contributed by atoms with Gasteiger partial charge in [-0.05, 0) is 52.3 Å². The van der Waals surface area contributed by atoms with Crippen LogP contribution < -0.4 is 0 Å². The molecule has 0 aliphatic heterocycles. The lowest BCUT2D eigenvalue weighted by atomic mass is 9.63. The van der Waals surface area contributed by atoms with Crippen molar-refractivity contribution in [2.75, 3.05) is 0 Å². The van der Waals surface area contributed by atoms with Crippen LogP contribution >= 0.6 is 0 Å². The molecule has 0 atom stereocenters. The molecule has 0 N–H and O–H groups in total. The molecule has 0 saturated carbocycles. The molecular formula is C24H30O. The SMILES string of the molecule is CC(C)(C)c1cccc2c1oc1cc3c(cc12)C(C)(C)CCC3(C)C. The van der Waals surface area contributed by atoms with Gasteiger partial charge in [0.15, 0.2) is 0 Å². The summed E-state index contributed by atoms with van der Waals surface area (Å²) in [7, 11) is 0. The average Bonchev–Trinajstić information content (AvgIpc) is 2.87. The molecule has 25 heavy (non-hydrogen) atoms. The highest BCUT2D eigenvalue weighted by Crippen LogP contribution is 2.48. The molecule has 1 heterocycles. The Kier molecular flexibility index (Phi) is 3.27. The topological polar surface area (TPSA) is 13.1 Å².